The molecule has 1 aliphatic carbocycles. The Bertz CT molecular complexity index is 505. The van der Waals surface area contributed by atoms with Crippen LogP contribution in [0.25, 0.3) is 11.1 Å². The minimum Gasteiger partial charge on any atom is -0.0616 e. The van der Waals surface area contributed by atoms with Gasteiger partial charge in [-0.3, -0.25) is 0 Å². The predicted octanol–water partition coefficient (Wildman–Crippen LogP) is 4.24. The van der Waals surface area contributed by atoms with Gasteiger partial charge in [-0.2, -0.15) is 0 Å². The molecule has 3 rings (SSSR count). The van der Waals surface area contributed by atoms with Crippen LogP contribution in [0.3, 0.4) is 0 Å². The van der Waals surface area contributed by atoms with Gasteiger partial charge in [0, 0.05) is 0 Å². The van der Waals surface area contributed by atoms with Gasteiger partial charge in [0.25, 0.3) is 0 Å². The highest BCUT2D eigenvalue weighted by Gasteiger charge is 2.18. The van der Waals surface area contributed by atoms with Crippen LogP contribution in [-0.4, -0.2) is 0 Å². The first-order chi connectivity index (χ1) is 8.95. The highest BCUT2D eigenvalue weighted by molar-refractivity contribution is 7.58. The molecule has 1 radical (unpaired) electrons. The van der Waals surface area contributed by atoms with E-state index in [1.54, 1.807) is 10.5 Å². The van der Waals surface area contributed by atoms with Gasteiger partial charge < -0.3 is 0 Å². The molecule has 2 aliphatic rings. The molecule has 0 unspecified atom stereocenters. The van der Waals surface area contributed by atoms with Gasteiger partial charge in [-0.05, 0) is 48.9 Å². The summed E-state index contributed by atoms with van der Waals surface area (Å²) in [7, 11) is 1.47. The van der Waals surface area contributed by atoms with Crippen molar-refractivity contribution in [2.24, 2.45) is 5.92 Å². The van der Waals surface area contributed by atoms with Gasteiger partial charge in [-0.15, -0.1) is 0 Å². The Morgan fingerprint density at radius 3 is 2.28 bits per heavy atom. The normalized spacial score (nSPS) is 23.0. The molecule has 0 spiro atoms. The highest BCUT2D eigenvalue weighted by Crippen LogP contribution is 2.40. The molecule has 1 aromatic rings. The van der Waals surface area contributed by atoms with Crippen LogP contribution < -0.4 is 10.4 Å². The lowest BCUT2D eigenvalue weighted by atomic mass is 9.95. The lowest BCUT2D eigenvalue weighted by molar-refractivity contribution is 0.529. The van der Waals surface area contributed by atoms with E-state index in [1.807, 2.05) is 0 Å². The van der Waals surface area contributed by atoms with Crippen LogP contribution >= 0.6 is 8.58 Å². The molecule has 0 bridgehead atoms. The first kappa shape index (κ1) is 12.4. The fourth-order valence-corrected chi connectivity index (χ4v) is 4.60. The summed E-state index contributed by atoms with van der Waals surface area (Å²) in [4.78, 5) is 0. The van der Waals surface area contributed by atoms with Crippen molar-refractivity contribution in [2.45, 2.75) is 51.4 Å². The Kier molecular flexibility index (Phi) is 4.16. The van der Waals surface area contributed by atoms with Crippen molar-refractivity contribution in [3.63, 3.8) is 0 Å². The molecule has 1 heterocycles. The van der Waals surface area contributed by atoms with Gasteiger partial charge >= 0.3 is 0 Å². The van der Waals surface area contributed by atoms with Crippen molar-refractivity contribution in [3.05, 3.63) is 34.7 Å². The zero-order valence-electron chi connectivity index (χ0n) is 11.1. The third kappa shape index (κ3) is 2.69. The van der Waals surface area contributed by atoms with Crippen LogP contribution in [-0.2, 0) is 0 Å². The monoisotopic (exact) mass is 257 g/mol. The van der Waals surface area contributed by atoms with Gasteiger partial charge in [0.2, 0.25) is 0 Å². The topological polar surface area (TPSA) is 0 Å². The lowest BCUT2D eigenvalue weighted by Crippen LogP contribution is -2.23. The van der Waals surface area contributed by atoms with Crippen molar-refractivity contribution in [1.29, 1.82) is 0 Å². The summed E-state index contributed by atoms with van der Waals surface area (Å²) in [5.41, 5.74) is 0. The molecule has 1 fully saturated rings. The summed E-state index contributed by atoms with van der Waals surface area (Å²) in [5, 5.41) is 4.73. The first-order valence-corrected chi connectivity index (χ1v) is 8.42. The number of hydrogen-bond acceptors (Lipinski definition) is 0. The number of rotatable bonds is 1. The Balaban J connectivity index is 1.88. The van der Waals surface area contributed by atoms with Crippen LogP contribution in [0, 0.1) is 5.92 Å². The van der Waals surface area contributed by atoms with E-state index in [0.29, 0.717) is 0 Å². The van der Waals surface area contributed by atoms with Gasteiger partial charge in [0.05, 0.1) is 0 Å². The zero-order chi connectivity index (χ0) is 12.2. The molecule has 0 saturated heterocycles. The number of fused-ring (bicyclic) bond motifs is 1. The molecular weight excluding hydrogens is 235 g/mol. The average Bonchev–Trinajstić information content (AvgIpc) is 2.87. The van der Waals surface area contributed by atoms with Crippen molar-refractivity contribution in [2.75, 3.05) is 0 Å². The predicted molar refractivity (Wildman–Crippen MR) is 80.9 cm³/mol. The lowest BCUT2D eigenvalue weighted by Gasteiger charge is -2.17. The fourth-order valence-electron chi connectivity index (χ4n) is 3.28. The minimum atomic E-state index is 0.852. The second kappa shape index (κ2) is 6.02. The second-order valence-electron chi connectivity index (χ2n) is 5.63. The van der Waals surface area contributed by atoms with Crippen LogP contribution in [0.2, 0.25) is 0 Å². The van der Waals surface area contributed by atoms with Gasteiger partial charge in [-0.25, -0.2) is 0 Å². The molecule has 1 aliphatic heterocycles. The van der Waals surface area contributed by atoms with Crippen LogP contribution in [0.5, 0.6) is 0 Å². The second-order valence-corrected chi connectivity index (χ2v) is 6.62. The quantitative estimate of drug-likeness (QED) is 0.660. The summed E-state index contributed by atoms with van der Waals surface area (Å²) in [6.07, 6.45) is 11.5. The SMILES string of the molecule is C1=c2ccccc2=C(C2CCCCCCCC2)[P]1. The van der Waals surface area contributed by atoms with E-state index in [4.69, 9.17) is 0 Å². The molecule has 1 heteroatoms. The van der Waals surface area contributed by atoms with E-state index >= 15 is 0 Å². The third-order valence-electron chi connectivity index (χ3n) is 4.32. The summed E-state index contributed by atoms with van der Waals surface area (Å²) >= 11 is 0. The molecule has 0 nitrogen and oxygen atoms in total. The summed E-state index contributed by atoms with van der Waals surface area (Å²) in [5.74, 6) is 3.25. The average molecular weight is 257 g/mol. The standard InChI is InChI=1S/C17H22P/c1-2-4-6-10-14(9-5-3-1)17-16-12-8-7-11-15(16)13-18-17/h7-8,11-14H,1-6,9-10H2. The van der Waals surface area contributed by atoms with Gasteiger partial charge in [0.15, 0.2) is 0 Å². The fraction of sp³-hybridized carbons (Fsp3) is 0.529. The van der Waals surface area contributed by atoms with Crippen molar-refractivity contribution < 1.29 is 0 Å². The Labute approximate surface area is 112 Å². The van der Waals surface area contributed by atoms with E-state index < -0.39 is 0 Å². The van der Waals surface area contributed by atoms with Crippen molar-refractivity contribution >= 4 is 19.7 Å². The third-order valence-corrected chi connectivity index (χ3v) is 5.61. The van der Waals surface area contributed by atoms with Crippen LogP contribution in [0.4, 0.5) is 0 Å². The summed E-state index contributed by atoms with van der Waals surface area (Å²) in [6, 6.07) is 8.96. The summed E-state index contributed by atoms with van der Waals surface area (Å²) in [6.45, 7) is 0. The largest absolute Gasteiger partial charge is 0.0616 e. The Morgan fingerprint density at radius 2 is 1.50 bits per heavy atom. The Morgan fingerprint density at radius 1 is 0.833 bits per heavy atom. The van der Waals surface area contributed by atoms with E-state index in [9.17, 15) is 0 Å². The maximum absolute atomic E-state index is 2.40. The van der Waals surface area contributed by atoms with Crippen molar-refractivity contribution in [3.8, 4) is 0 Å². The van der Waals surface area contributed by atoms with E-state index in [1.165, 1.54) is 65.2 Å². The number of benzene rings is 1. The number of hydrogen-bond donors (Lipinski definition) is 0. The molecule has 0 amide bonds. The Hall–Kier alpha value is -0.610. The molecule has 0 N–H and O–H groups in total. The zero-order valence-corrected chi connectivity index (χ0v) is 12.0. The molecular formula is C17H22P. The minimum absolute atomic E-state index is 0.852. The maximum atomic E-state index is 2.40. The molecule has 1 aromatic carbocycles. The summed E-state index contributed by atoms with van der Waals surface area (Å²) < 4.78 is 0. The van der Waals surface area contributed by atoms with Gasteiger partial charge in [0.1, 0.15) is 0 Å². The smallest absolute Gasteiger partial charge is 0.0137 e. The van der Waals surface area contributed by atoms with E-state index in [2.05, 4.69) is 30.1 Å². The molecule has 0 atom stereocenters. The first-order valence-electron chi connectivity index (χ1n) is 7.45. The highest BCUT2D eigenvalue weighted by atomic mass is 31.1. The molecule has 18 heavy (non-hydrogen) atoms. The maximum Gasteiger partial charge on any atom is -0.0137 e. The molecule has 1 saturated carbocycles. The van der Waals surface area contributed by atoms with Crippen LogP contribution in [0.1, 0.15) is 51.4 Å². The van der Waals surface area contributed by atoms with E-state index in [-0.39, 0.29) is 0 Å². The molecule has 95 valence electrons. The van der Waals surface area contributed by atoms with Crippen LogP contribution in [0.15, 0.2) is 24.3 Å². The molecule has 0 aromatic heterocycles. The van der Waals surface area contributed by atoms with E-state index in [0.717, 1.165) is 5.92 Å². The van der Waals surface area contributed by atoms with Crippen molar-refractivity contribution in [1.82, 2.24) is 0 Å². The van der Waals surface area contributed by atoms with Gasteiger partial charge in [-0.1, -0.05) is 62.8 Å².